The van der Waals surface area contributed by atoms with Gasteiger partial charge >= 0.3 is 0 Å². The number of ether oxygens (including phenoxy) is 1. The molecule has 3 heterocycles. The highest BCUT2D eigenvalue weighted by atomic mass is 32.2. The van der Waals surface area contributed by atoms with E-state index >= 15 is 0 Å². The van der Waals surface area contributed by atoms with Gasteiger partial charge in [0.1, 0.15) is 16.9 Å². The largest absolute Gasteiger partial charge is 0.377 e. The van der Waals surface area contributed by atoms with E-state index in [1.807, 2.05) is 12.2 Å². The fourth-order valence-electron chi connectivity index (χ4n) is 4.61. The van der Waals surface area contributed by atoms with Gasteiger partial charge in [-0.05, 0) is 49.4 Å². The second-order valence-electron chi connectivity index (χ2n) is 8.22. The zero-order valence-corrected chi connectivity index (χ0v) is 17.7. The van der Waals surface area contributed by atoms with Crippen LogP contribution in [0.4, 0.5) is 10.2 Å². The minimum absolute atomic E-state index is 0.104. The summed E-state index contributed by atoms with van der Waals surface area (Å²) in [6.07, 6.45) is 5.81. The summed E-state index contributed by atoms with van der Waals surface area (Å²) in [4.78, 5) is 11.6. The van der Waals surface area contributed by atoms with Crippen molar-refractivity contribution in [2.45, 2.75) is 37.5 Å². The van der Waals surface area contributed by atoms with E-state index in [0.717, 1.165) is 11.1 Å². The summed E-state index contributed by atoms with van der Waals surface area (Å²) in [6, 6.07) is 4.89. The molecule has 0 spiro atoms. The Kier molecular flexibility index (Phi) is 4.86. The highest BCUT2D eigenvalue weighted by Gasteiger charge is 2.35. The van der Waals surface area contributed by atoms with Crippen LogP contribution in [0.2, 0.25) is 0 Å². The van der Waals surface area contributed by atoms with Gasteiger partial charge in [0, 0.05) is 18.2 Å². The summed E-state index contributed by atoms with van der Waals surface area (Å²) in [5.41, 5.74) is 2.92. The SMILES string of the molecule is C[C@@H]1COCCN1c1cc([C@@H]2CCCS2(=O)=O)nc(-c2cc(F)cc3c2C=CC3)n1. The van der Waals surface area contributed by atoms with Gasteiger partial charge < -0.3 is 9.64 Å². The lowest BCUT2D eigenvalue weighted by molar-refractivity contribution is 0.0985. The topological polar surface area (TPSA) is 72.4 Å². The molecule has 2 aliphatic heterocycles. The summed E-state index contributed by atoms with van der Waals surface area (Å²) >= 11 is 0. The Morgan fingerprint density at radius 2 is 2.10 bits per heavy atom. The maximum absolute atomic E-state index is 14.3. The molecular weight excluding hydrogens is 405 g/mol. The molecule has 0 N–H and O–H groups in total. The Balaban J connectivity index is 1.69. The third-order valence-electron chi connectivity index (χ3n) is 6.15. The number of nitrogens with zero attached hydrogens (tertiary/aromatic N) is 3. The van der Waals surface area contributed by atoms with Crippen LogP contribution in [0.3, 0.4) is 0 Å². The first-order valence-electron chi connectivity index (χ1n) is 10.4. The van der Waals surface area contributed by atoms with Crippen LogP contribution in [0.15, 0.2) is 24.3 Å². The first-order chi connectivity index (χ1) is 14.4. The molecule has 6 nitrogen and oxygen atoms in total. The normalized spacial score (nSPS) is 24.9. The van der Waals surface area contributed by atoms with Crippen molar-refractivity contribution in [3.05, 3.63) is 46.9 Å². The highest BCUT2D eigenvalue weighted by molar-refractivity contribution is 7.91. The molecule has 0 amide bonds. The maximum Gasteiger partial charge on any atom is 0.162 e. The Bertz CT molecular complexity index is 1130. The summed E-state index contributed by atoms with van der Waals surface area (Å²) in [6.45, 7) is 3.87. The van der Waals surface area contributed by atoms with Gasteiger partial charge in [-0.2, -0.15) is 0 Å². The van der Waals surface area contributed by atoms with E-state index in [-0.39, 0.29) is 17.6 Å². The summed E-state index contributed by atoms with van der Waals surface area (Å²) in [5.74, 6) is 0.896. The van der Waals surface area contributed by atoms with Gasteiger partial charge in [0.2, 0.25) is 0 Å². The van der Waals surface area contributed by atoms with Gasteiger partial charge in [-0.15, -0.1) is 0 Å². The number of halogens is 1. The van der Waals surface area contributed by atoms with Crippen LogP contribution in [0.25, 0.3) is 17.5 Å². The lowest BCUT2D eigenvalue weighted by Gasteiger charge is -2.34. The third kappa shape index (κ3) is 3.41. The number of hydrogen-bond donors (Lipinski definition) is 0. The summed E-state index contributed by atoms with van der Waals surface area (Å²) < 4.78 is 45.2. The number of rotatable bonds is 3. The van der Waals surface area contributed by atoms with Crippen LogP contribution in [0.5, 0.6) is 0 Å². The van der Waals surface area contributed by atoms with E-state index in [9.17, 15) is 12.8 Å². The molecule has 30 heavy (non-hydrogen) atoms. The van der Waals surface area contributed by atoms with E-state index in [2.05, 4.69) is 16.8 Å². The van der Waals surface area contributed by atoms with E-state index in [4.69, 9.17) is 9.72 Å². The first-order valence-corrected chi connectivity index (χ1v) is 12.1. The molecule has 3 aliphatic rings. The third-order valence-corrected chi connectivity index (χ3v) is 8.35. The molecule has 2 fully saturated rings. The Labute approximate surface area is 175 Å². The zero-order valence-electron chi connectivity index (χ0n) is 16.8. The van der Waals surface area contributed by atoms with Gasteiger partial charge in [0.25, 0.3) is 0 Å². The molecule has 1 aromatic carbocycles. The van der Waals surface area contributed by atoms with Crippen LogP contribution in [-0.2, 0) is 21.0 Å². The van der Waals surface area contributed by atoms with Gasteiger partial charge in [-0.25, -0.2) is 22.8 Å². The molecule has 1 aromatic heterocycles. The van der Waals surface area contributed by atoms with Crippen molar-refractivity contribution in [2.75, 3.05) is 30.4 Å². The summed E-state index contributed by atoms with van der Waals surface area (Å²) in [7, 11) is -3.24. The first kappa shape index (κ1) is 19.6. The number of fused-ring (bicyclic) bond motifs is 1. The zero-order chi connectivity index (χ0) is 20.9. The van der Waals surface area contributed by atoms with E-state index < -0.39 is 15.1 Å². The molecule has 2 aromatic rings. The van der Waals surface area contributed by atoms with Gasteiger partial charge in [0.15, 0.2) is 15.7 Å². The van der Waals surface area contributed by atoms with Gasteiger partial charge in [-0.1, -0.05) is 12.2 Å². The number of benzene rings is 1. The molecular formula is C22H24FN3O3S. The number of sulfone groups is 1. The van der Waals surface area contributed by atoms with Gasteiger partial charge in [0.05, 0.1) is 30.7 Å². The quantitative estimate of drug-likeness (QED) is 0.745. The Hall–Kier alpha value is -2.32. The molecule has 0 bridgehead atoms. The molecule has 1 aliphatic carbocycles. The second-order valence-corrected chi connectivity index (χ2v) is 10.5. The van der Waals surface area contributed by atoms with E-state index in [1.54, 1.807) is 6.07 Å². The number of allylic oxidation sites excluding steroid dienone is 1. The molecule has 158 valence electrons. The predicted molar refractivity (Wildman–Crippen MR) is 114 cm³/mol. The lowest BCUT2D eigenvalue weighted by Crippen LogP contribution is -2.44. The number of morpholine rings is 1. The Morgan fingerprint density at radius 1 is 1.23 bits per heavy atom. The number of aromatic nitrogens is 2. The van der Waals surface area contributed by atoms with E-state index in [1.165, 1.54) is 12.1 Å². The minimum Gasteiger partial charge on any atom is -0.377 e. The summed E-state index contributed by atoms with van der Waals surface area (Å²) in [5, 5.41) is -0.633. The molecule has 0 unspecified atom stereocenters. The standard InChI is InChI=1S/C22H24FN3O3S/c1-14-13-29-8-7-26(14)21-12-19(20-6-3-9-30(20,27)28)24-22(25-21)18-11-16(23)10-15-4-2-5-17(15)18/h2,5,10-12,14,20H,3-4,6-9,13H2,1H3/t14-,20+/m1/s1. The molecule has 8 heteroatoms. The second kappa shape index (κ2) is 7.42. The van der Waals surface area contributed by atoms with Crippen molar-refractivity contribution < 1.29 is 17.5 Å². The van der Waals surface area contributed by atoms with Crippen molar-refractivity contribution in [3.8, 4) is 11.4 Å². The molecule has 0 saturated carbocycles. The lowest BCUT2D eigenvalue weighted by atomic mass is 10.0. The monoisotopic (exact) mass is 429 g/mol. The van der Waals surface area contributed by atoms with Crippen LogP contribution >= 0.6 is 0 Å². The van der Waals surface area contributed by atoms with Crippen LogP contribution in [0, 0.1) is 5.82 Å². The highest BCUT2D eigenvalue weighted by Crippen LogP contribution is 2.37. The molecule has 2 atom stereocenters. The number of hydrogen-bond acceptors (Lipinski definition) is 6. The van der Waals surface area contributed by atoms with Crippen LogP contribution in [0.1, 0.15) is 41.8 Å². The fraction of sp³-hybridized carbons (Fsp3) is 0.455. The fourth-order valence-corrected chi connectivity index (χ4v) is 6.47. The van der Waals surface area contributed by atoms with Crippen LogP contribution < -0.4 is 4.90 Å². The smallest absolute Gasteiger partial charge is 0.162 e. The number of anilines is 1. The van der Waals surface area contributed by atoms with Crippen molar-refractivity contribution in [3.63, 3.8) is 0 Å². The van der Waals surface area contributed by atoms with Crippen molar-refractivity contribution in [1.82, 2.24) is 9.97 Å². The average molecular weight is 430 g/mol. The van der Waals surface area contributed by atoms with Gasteiger partial charge in [-0.3, -0.25) is 0 Å². The van der Waals surface area contributed by atoms with Crippen LogP contribution in [-0.4, -0.2) is 49.9 Å². The molecule has 5 rings (SSSR count). The molecule has 0 radical (unpaired) electrons. The van der Waals surface area contributed by atoms with Crippen molar-refractivity contribution in [1.29, 1.82) is 0 Å². The maximum atomic E-state index is 14.3. The van der Waals surface area contributed by atoms with Crippen molar-refractivity contribution >= 4 is 21.7 Å². The molecule has 2 saturated heterocycles. The Morgan fingerprint density at radius 3 is 2.87 bits per heavy atom. The minimum atomic E-state index is -3.24. The van der Waals surface area contributed by atoms with E-state index in [0.29, 0.717) is 61.9 Å². The van der Waals surface area contributed by atoms with Crippen molar-refractivity contribution in [2.24, 2.45) is 0 Å². The average Bonchev–Trinajstić information content (AvgIpc) is 3.32. The predicted octanol–water partition coefficient (Wildman–Crippen LogP) is 3.33.